The van der Waals surface area contributed by atoms with E-state index in [1.165, 1.54) is 0 Å². The largest absolute Gasteiger partial charge is 0.383 e. The maximum absolute atomic E-state index is 11.9. The Morgan fingerprint density at radius 2 is 1.94 bits per heavy atom. The molecule has 166 valence electrons. The average Bonchev–Trinajstić information content (AvgIpc) is 3.30. The number of carbonyl (C=O) groups excluding carboxylic acids is 1. The lowest BCUT2D eigenvalue weighted by Crippen LogP contribution is -2.40. The summed E-state index contributed by atoms with van der Waals surface area (Å²) in [6, 6.07) is 14.0. The fourth-order valence-electron chi connectivity index (χ4n) is 3.97. The Morgan fingerprint density at radius 1 is 1.12 bits per heavy atom. The van der Waals surface area contributed by atoms with Crippen LogP contribution >= 0.6 is 15.9 Å². The van der Waals surface area contributed by atoms with Gasteiger partial charge in [0, 0.05) is 43.0 Å². The molecule has 8 nitrogen and oxygen atoms in total. The highest BCUT2D eigenvalue weighted by atomic mass is 79.9. The molecule has 5 rings (SSSR count). The summed E-state index contributed by atoms with van der Waals surface area (Å²) in [4.78, 5) is 23.2. The SMILES string of the molecule is CNC(=O)N1CC=C(c2nc3c(-c4ccc(-c5ccccc5)nc4)cnn3c(N)c2Br)CC1. The van der Waals surface area contributed by atoms with Crippen molar-refractivity contribution in [3.63, 3.8) is 0 Å². The van der Waals surface area contributed by atoms with Crippen LogP contribution in [0.3, 0.4) is 0 Å². The van der Waals surface area contributed by atoms with Gasteiger partial charge in [0.05, 0.1) is 22.1 Å². The van der Waals surface area contributed by atoms with E-state index in [-0.39, 0.29) is 6.03 Å². The zero-order valence-electron chi connectivity index (χ0n) is 18.0. The lowest BCUT2D eigenvalue weighted by atomic mass is 10.0. The van der Waals surface area contributed by atoms with Gasteiger partial charge in [0.1, 0.15) is 5.82 Å². The van der Waals surface area contributed by atoms with Gasteiger partial charge in [-0.15, -0.1) is 0 Å². The van der Waals surface area contributed by atoms with Crippen molar-refractivity contribution in [3.05, 3.63) is 71.1 Å². The first-order valence-corrected chi connectivity index (χ1v) is 11.4. The Bertz CT molecular complexity index is 1360. The van der Waals surface area contributed by atoms with E-state index < -0.39 is 0 Å². The van der Waals surface area contributed by atoms with Gasteiger partial charge in [0.15, 0.2) is 5.65 Å². The van der Waals surface area contributed by atoms with Crippen molar-refractivity contribution in [2.45, 2.75) is 6.42 Å². The number of rotatable bonds is 3. The third-order valence-corrected chi connectivity index (χ3v) is 6.56. The van der Waals surface area contributed by atoms with Gasteiger partial charge in [-0.3, -0.25) is 4.98 Å². The van der Waals surface area contributed by atoms with Crippen molar-refractivity contribution in [1.82, 2.24) is 29.8 Å². The summed E-state index contributed by atoms with van der Waals surface area (Å²) in [6.45, 7) is 1.13. The molecule has 3 aromatic heterocycles. The Balaban J connectivity index is 1.53. The Hall–Kier alpha value is -3.72. The molecule has 0 radical (unpaired) electrons. The first kappa shape index (κ1) is 21.1. The summed E-state index contributed by atoms with van der Waals surface area (Å²) in [5.41, 5.74) is 12.6. The standard InChI is InChI=1S/C24H22BrN7O/c1-27-24(33)31-11-9-16(10-12-31)21-20(25)22(26)32-23(30-21)18(14-29-32)17-7-8-19(28-13-17)15-5-3-2-4-6-15/h2-9,13-14H,10-12,26H2,1H3,(H,27,33). The number of nitrogens with one attached hydrogen (secondary N) is 1. The quantitative estimate of drug-likeness (QED) is 0.435. The highest BCUT2D eigenvalue weighted by Gasteiger charge is 2.22. The van der Waals surface area contributed by atoms with E-state index in [9.17, 15) is 4.79 Å². The summed E-state index contributed by atoms with van der Waals surface area (Å²) in [7, 11) is 1.64. The number of anilines is 1. The molecule has 4 aromatic rings. The molecule has 0 unspecified atom stereocenters. The molecule has 0 bridgehead atoms. The van der Waals surface area contributed by atoms with Crippen LogP contribution in [0.15, 0.2) is 65.4 Å². The third-order valence-electron chi connectivity index (χ3n) is 5.78. The van der Waals surface area contributed by atoms with Gasteiger partial charge >= 0.3 is 6.03 Å². The van der Waals surface area contributed by atoms with Crippen molar-refractivity contribution < 1.29 is 4.79 Å². The number of pyridine rings is 1. The number of amides is 2. The molecule has 33 heavy (non-hydrogen) atoms. The molecule has 0 saturated carbocycles. The molecule has 1 aliphatic rings. The number of fused-ring (bicyclic) bond motifs is 1. The number of nitrogen functional groups attached to an aromatic ring is 1. The van der Waals surface area contributed by atoms with E-state index in [1.54, 1.807) is 22.7 Å². The van der Waals surface area contributed by atoms with Crippen LogP contribution in [-0.4, -0.2) is 50.7 Å². The van der Waals surface area contributed by atoms with Gasteiger partial charge in [0.25, 0.3) is 0 Å². The molecule has 0 saturated heterocycles. The molecular weight excluding hydrogens is 482 g/mol. The van der Waals surface area contributed by atoms with Crippen LogP contribution in [0.1, 0.15) is 12.1 Å². The smallest absolute Gasteiger partial charge is 0.317 e. The molecule has 0 spiro atoms. The van der Waals surface area contributed by atoms with E-state index in [0.29, 0.717) is 35.4 Å². The summed E-state index contributed by atoms with van der Waals surface area (Å²) >= 11 is 3.60. The van der Waals surface area contributed by atoms with Crippen LogP contribution in [-0.2, 0) is 0 Å². The van der Waals surface area contributed by atoms with Crippen LogP contribution in [0.2, 0.25) is 0 Å². The number of carbonyl (C=O) groups is 1. The van der Waals surface area contributed by atoms with E-state index in [2.05, 4.69) is 31.3 Å². The van der Waals surface area contributed by atoms with Gasteiger partial charge in [-0.2, -0.15) is 9.61 Å². The van der Waals surface area contributed by atoms with Gasteiger partial charge < -0.3 is 16.0 Å². The van der Waals surface area contributed by atoms with E-state index in [4.69, 9.17) is 10.7 Å². The Labute approximate surface area is 199 Å². The number of urea groups is 1. The Morgan fingerprint density at radius 3 is 2.61 bits per heavy atom. The molecule has 0 atom stereocenters. The van der Waals surface area contributed by atoms with Crippen LogP contribution in [0.5, 0.6) is 0 Å². The fourth-order valence-corrected chi connectivity index (χ4v) is 4.48. The zero-order chi connectivity index (χ0) is 22.9. The van der Waals surface area contributed by atoms with E-state index >= 15 is 0 Å². The maximum Gasteiger partial charge on any atom is 0.317 e. The topological polar surface area (TPSA) is 101 Å². The summed E-state index contributed by atoms with van der Waals surface area (Å²) in [5.74, 6) is 0.477. The lowest BCUT2D eigenvalue weighted by molar-refractivity contribution is 0.205. The minimum Gasteiger partial charge on any atom is -0.383 e. The molecular formula is C24H22BrN7O. The van der Waals surface area contributed by atoms with Gasteiger partial charge in [-0.05, 0) is 34.0 Å². The lowest BCUT2D eigenvalue weighted by Gasteiger charge is -2.26. The molecule has 0 aliphatic carbocycles. The van der Waals surface area contributed by atoms with Gasteiger partial charge in [-0.25, -0.2) is 9.78 Å². The first-order valence-electron chi connectivity index (χ1n) is 10.6. The summed E-state index contributed by atoms with van der Waals surface area (Å²) < 4.78 is 2.33. The van der Waals surface area contributed by atoms with Crippen LogP contribution in [0, 0.1) is 0 Å². The second-order valence-electron chi connectivity index (χ2n) is 7.73. The third kappa shape index (κ3) is 3.84. The van der Waals surface area contributed by atoms with Crippen molar-refractivity contribution in [1.29, 1.82) is 0 Å². The van der Waals surface area contributed by atoms with Crippen LogP contribution < -0.4 is 11.1 Å². The predicted octanol–water partition coefficient (Wildman–Crippen LogP) is 4.23. The second-order valence-corrected chi connectivity index (χ2v) is 8.52. The number of aromatic nitrogens is 4. The summed E-state index contributed by atoms with van der Waals surface area (Å²) in [6.07, 6.45) is 6.30. The second kappa shape index (κ2) is 8.67. The average molecular weight is 504 g/mol. The highest BCUT2D eigenvalue weighted by molar-refractivity contribution is 9.10. The minimum absolute atomic E-state index is 0.0863. The molecule has 4 heterocycles. The van der Waals surface area contributed by atoms with Crippen LogP contribution in [0.4, 0.5) is 10.6 Å². The van der Waals surface area contributed by atoms with E-state index in [0.717, 1.165) is 33.7 Å². The van der Waals surface area contributed by atoms with Crippen LogP contribution in [0.25, 0.3) is 33.6 Å². The monoisotopic (exact) mass is 503 g/mol. The van der Waals surface area contributed by atoms with Crippen molar-refractivity contribution in [3.8, 4) is 22.4 Å². The number of benzene rings is 1. The maximum atomic E-state index is 11.9. The molecule has 2 amide bonds. The number of halogens is 1. The fraction of sp³-hybridized carbons (Fsp3) is 0.167. The van der Waals surface area contributed by atoms with Crippen molar-refractivity contribution >= 4 is 39.0 Å². The molecule has 3 N–H and O–H groups in total. The van der Waals surface area contributed by atoms with Crippen molar-refractivity contribution in [2.75, 3.05) is 25.9 Å². The summed E-state index contributed by atoms with van der Waals surface area (Å²) in [5, 5.41) is 7.13. The van der Waals surface area contributed by atoms with E-state index in [1.807, 2.05) is 54.7 Å². The number of hydrogen-bond donors (Lipinski definition) is 2. The molecule has 1 aliphatic heterocycles. The molecule has 0 fully saturated rings. The van der Waals surface area contributed by atoms with Crippen molar-refractivity contribution in [2.24, 2.45) is 0 Å². The predicted molar refractivity (Wildman–Crippen MR) is 132 cm³/mol. The van der Waals surface area contributed by atoms with Gasteiger partial charge in [0.2, 0.25) is 0 Å². The highest BCUT2D eigenvalue weighted by Crippen LogP contribution is 2.34. The minimum atomic E-state index is -0.0863. The number of nitrogens with zero attached hydrogens (tertiary/aromatic N) is 5. The zero-order valence-corrected chi connectivity index (χ0v) is 19.6. The number of hydrogen-bond acceptors (Lipinski definition) is 5. The normalized spacial score (nSPS) is 13.8. The molecule has 9 heteroatoms. The first-order chi connectivity index (χ1) is 16.1. The number of nitrogens with two attached hydrogens (primary N) is 1. The van der Waals surface area contributed by atoms with Gasteiger partial charge in [-0.1, -0.05) is 42.5 Å². The Kier molecular flexibility index (Phi) is 5.55. The molecule has 1 aromatic carbocycles.